The Morgan fingerprint density at radius 1 is 1.11 bits per heavy atom. The standard InChI is InChI=1S/C14H12N2O3/c17-14(11-4-5-15-9-16-11)10-2-3-12-13(8-10)19-7-1-6-18-12/h2-5,8-9H,1,6-7H2. The van der Waals surface area contributed by atoms with Gasteiger partial charge in [-0.25, -0.2) is 9.97 Å². The van der Waals surface area contributed by atoms with E-state index in [2.05, 4.69) is 9.97 Å². The van der Waals surface area contributed by atoms with E-state index in [9.17, 15) is 4.79 Å². The number of ether oxygens (including phenoxy) is 2. The summed E-state index contributed by atoms with van der Waals surface area (Å²) in [6.07, 6.45) is 3.74. The van der Waals surface area contributed by atoms with Crippen LogP contribution in [0.2, 0.25) is 0 Å². The first kappa shape index (κ1) is 11.6. The number of hydrogen-bond donors (Lipinski definition) is 0. The van der Waals surface area contributed by atoms with Crippen LogP contribution in [-0.2, 0) is 0 Å². The van der Waals surface area contributed by atoms with Gasteiger partial charge in [-0.15, -0.1) is 0 Å². The Labute approximate surface area is 110 Å². The molecule has 0 saturated heterocycles. The highest BCUT2D eigenvalue weighted by Gasteiger charge is 2.15. The number of rotatable bonds is 2. The summed E-state index contributed by atoms with van der Waals surface area (Å²) in [6, 6.07) is 6.77. The molecule has 0 radical (unpaired) electrons. The Morgan fingerprint density at radius 3 is 2.74 bits per heavy atom. The molecule has 1 aromatic carbocycles. The van der Waals surface area contributed by atoms with Crippen molar-refractivity contribution in [2.24, 2.45) is 0 Å². The molecule has 1 aliphatic heterocycles. The quantitative estimate of drug-likeness (QED) is 0.767. The van der Waals surface area contributed by atoms with Gasteiger partial charge in [0.05, 0.1) is 13.2 Å². The molecule has 96 valence electrons. The van der Waals surface area contributed by atoms with Crippen LogP contribution in [0.15, 0.2) is 36.8 Å². The van der Waals surface area contributed by atoms with E-state index in [0.29, 0.717) is 36.0 Å². The highest BCUT2D eigenvalue weighted by atomic mass is 16.5. The van der Waals surface area contributed by atoms with E-state index in [4.69, 9.17) is 9.47 Å². The average Bonchev–Trinajstić information content (AvgIpc) is 2.72. The zero-order valence-electron chi connectivity index (χ0n) is 10.2. The number of aromatic nitrogens is 2. The third-order valence-corrected chi connectivity index (χ3v) is 2.82. The molecule has 0 amide bonds. The first-order valence-corrected chi connectivity index (χ1v) is 6.05. The minimum atomic E-state index is -0.155. The molecule has 2 aromatic rings. The predicted octanol–water partition coefficient (Wildman–Crippen LogP) is 1.87. The van der Waals surface area contributed by atoms with Gasteiger partial charge in [0.1, 0.15) is 12.0 Å². The molecule has 19 heavy (non-hydrogen) atoms. The van der Waals surface area contributed by atoms with Crippen LogP contribution in [0.4, 0.5) is 0 Å². The molecule has 2 heterocycles. The summed E-state index contributed by atoms with van der Waals surface area (Å²) < 4.78 is 11.1. The van der Waals surface area contributed by atoms with Crippen molar-refractivity contribution in [3.63, 3.8) is 0 Å². The van der Waals surface area contributed by atoms with Crippen molar-refractivity contribution in [2.45, 2.75) is 6.42 Å². The maximum absolute atomic E-state index is 12.2. The molecular formula is C14H12N2O3. The molecule has 5 nitrogen and oxygen atoms in total. The average molecular weight is 256 g/mol. The normalized spacial score (nSPS) is 13.7. The van der Waals surface area contributed by atoms with Crippen LogP contribution in [0.25, 0.3) is 0 Å². The third kappa shape index (κ3) is 2.40. The number of hydrogen-bond acceptors (Lipinski definition) is 5. The second-order valence-corrected chi connectivity index (χ2v) is 4.14. The van der Waals surface area contributed by atoms with Crippen molar-refractivity contribution in [1.82, 2.24) is 9.97 Å². The largest absolute Gasteiger partial charge is 0.490 e. The zero-order chi connectivity index (χ0) is 13.1. The zero-order valence-corrected chi connectivity index (χ0v) is 10.2. The van der Waals surface area contributed by atoms with Gasteiger partial charge in [0.25, 0.3) is 0 Å². The lowest BCUT2D eigenvalue weighted by Gasteiger charge is -2.08. The number of carbonyl (C=O) groups is 1. The maximum Gasteiger partial charge on any atom is 0.211 e. The summed E-state index contributed by atoms with van der Waals surface area (Å²) in [5.74, 6) is 1.13. The first-order valence-electron chi connectivity index (χ1n) is 6.05. The monoisotopic (exact) mass is 256 g/mol. The molecule has 3 rings (SSSR count). The van der Waals surface area contributed by atoms with Crippen molar-refractivity contribution < 1.29 is 14.3 Å². The summed E-state index contributed by atoms with van der Waals surface area (Å²) >= 11 is 0. The van der Waals surface area contributed by atoms with Gasteiger partial charge >= 0.3 is 0 Å². The van der Waals surface area contributed by atoms with E-state index in [1.807, 2.05) is 0 Å². The van der Waals surface area contributed by atoms with Gasteiger partial charge in [0.15, 0.2) is 11.5 Å². The molecule has 0 aliphatic carbocycles. The molecule has 1 aliphatic rings. The van der Waals surface area contributed by atoms with Crippen LogP contribution in [0.1, 0.15) is 22.5 Å². The van der Waals surface area contributed by atoms with Gasteiger partial charge in [-0.05, 0) is 24.3 Å². The molecule has 0 spiro atoms. The van der Waals surface area contributed by atoms with Crippen LogP contribution in [0.5, 0.6) is 11.5 Å². The van der Waals surface area contributed by atoms with E-state index in [1.165, 1.54) is 6.33 Å². The molecule has 1 aromatic heterocycles. The summed E-state index contributed by atoms with van der Waals surface area (Å²) in [7, 11) is 0. The Kier molecular flexibility index (Phi) is 3.10. The van der Waals surface area contributed by atoms with Crippen LogP contribution < -0.4 is 9.47 Å². The number of nitrogens with zero attached hydrogens (tertiary/aromatic N) is 2. The van der Waals surface area contributed by atoms with Crippen LogP contribution in [-0.4, -0.2) is 29.0 Å². The molecule has 0 bridgehead atoms. The van der Waals surface area contributed by atoms with Crippen LogP contribution in [0, 0.1) is 0 Å². The lowest BCUT2D eigenvalue weighted by molar-refractivity contribution is 0.103. The number of carbonyl (C=O) groups excluding carboxylic acids is 1. The van der Waals surface area contributed by atoms with Gasteiger partial charge in [0, 0.05) is 18.2 Å². The van der Waals surface area contributed by atoms with E-state index < -0.39 is 0 Å². The molecule has 0 unspecified atom stereocenters. The molecule has 0 fully saturated rings. The van der Waals surface area contributed by atoms with Crippen molar-refractivity contribution >= 4 is 5.78 Å². The SMILES string of the molecule is O=C(c1ccc2c(c1)OCCCO2)c1ccncn1. The maximum atomic E-state index is 12.2. The van der Waals surface area contributed by atoms with E-state index in [1.54, 1.807) is 30.5 Å². The number of ketones is 1. The minimum absolute atomic E-state index is 0.155. The summed E-state index contributed by atoms with van der Waals surface area (Å²) in [4.78, 5) is 20.0. The molecular weight excluding hydrogens is 244 g/mol. The second-order valence-electron chi connectivity index (χ2n) is 4.14. The number of fused-ring (bicyclic) bond motifs is 1. The van der Waals surface area contributed by atoms with Crippen molar-refractivity contribution in [1.29, 1.82) is 0 Å². The van der Waals surface area contributed by atoms with Crippen molar-refractivity contribution in [2.75, 3.05) is 13.2 Å². The molecule has 0 saturated carbocycles. The van der Waals surface area contributed by atoms with Gasteiger partial charge < -0.3 is 9.47 Å². The fourth-order valence-corrected chi connectivity index (χ4v) is 1.88. The fourth-order valence-electron chi connectivity index (χ4n) is 1.88. The Bertz CT molecular complexity index is 599. The third-order valence-electron chi connectivity index (χ3n) is 2.82. The lowest BCUT2D eigenvalue weighted by Crippen LogP contribution is -2.04. The van der Waals surface area contributed by atoms with Gasteiger partial charge in [-0.3, -0.25) is 4.79 Å². The van der Waals surface area contributed by atoms with Crippen LogP contribution >= 0.6 is 0 Å². The topological polar surface area (TPSA) is 61.3 Å². The summed E-state index contributed by atoms with van der Waals surface area (Å²) in [6.45, 7) is 1.23. The fraction of sp³-hybridized carbons (Fsp3) is 0.214. The molecule has 0 N–H and O–H groups in total. The highest BCUT2D eigenvalue weighted by molar-refractivity contribution is 6.07. The second kappa shape index (κ2) is 5.06. The molecule has 5 heteroatoms. The Balaban J connectivity index is 1.94. The van der Waals surface area contributed by atoms with Crippen molar-refractivity contribution in [3.05, 3.63) is 48.0 Å². The Morgan fingerprint density at radius 2 is 1.95 bits per heavy atom. The number of benzene rings is 1. The van der Waals surface area contributed by atoms with Crippen molar-refractivity contribution in [3.8, 4) is 11.5 Å². The van der Waals surface area contributed by atoms with Gasteiger partial charge in [-0.1, -0.05) is 0 Å². The van der Waals surface area contributed by atoms with Crippen LogP contribution in [0.3, 0.4) is 0 Å². The first-order chi connectivity index (χ1) is 9.34. The summed E-state index contributed by atoms with van der Waals surface area (Å²) in [5.41, 5.74) is 0.896. The van der Waals surface area contributed by atoms with Gasteiger partial charge in [-0.2, -0.15) is 0 Å². The summed E-state index contributed by atoms with van der Waals surface area (Å²) in [5, 5.41) is 0. The minimum Gasteiger partial charge on any atom is -0.490 e. The smallest absolute Gasteiger partial charge is 0.211 e. The van der Waals surface area contributed by atoms with E-state index in [-0.39, 0.29) is 5.78 Å². The van der Waals surface area contributed by atoms with Gasteiger partial charge in [0.2, 0.25) is 5.78 Å². The predicted molar refractivity (Wildman–Crippen MR) is 67.5 cm³/mol. The van der Waals surface area contributed by atoms with E-state index in [0.717, 1.165) is 6.42 Å². The molecule has 0 atom stereocenters. The highest BCUT2D eigenvalue weighted by Crippen LogP contribution is 2.30. The lowest BCUT2D eigenvalue weighted by atomic mass is 10.1. The Hall–Kier alpha value is -2.43. The van der Waals surface area contributed by atoms with E-state index >= 15 is 0 Å².